The summed E-state index contributed by atoms with van der Waals surface area (Å²) in [7, 11) is 1.56. The lowest BCUT2D eigenvalue weighted by molar-refractivity contribution is 0.102. The van der Waals surface area contributed by atoms with E-state index < -0.39 is 0 Å². The van der Waals surface area contributed by atoms with E-state index in [0.29, 0.717) is 11.3 Å². The molecule has 0 aliphatic rings. The molecule has 4 aromatic rings. The molecule has 4 rings (SSSR count). The molecule has 0 radical (unpaired) electrons. The number of aryl methyl sites for hydroxylation is 1. The first-order valence-corrected chi connectivity index (χ1v) is 9.38. The van der Waals surface area contributed by atoms with Crippen LogP contribution in [-0.2, 0) is 0 Å². The third-order valence-electron chi connectivity index (χ3n) is 4.37. The highest BCUT2D eigenvalue weighted by atomic mass is 32.1. The van der Waals surface area contributed by atoms with E-state index in [1.807, 2.05) is 49.4 Å². The van der Waals surface area contributed by atoms with Crippen LogP contribution in [0.5, 0.6) is 5.75 Å². The molecule has 4 nitrogen and oxygen atoms in total. The first kappa shape index (κ1) is 17.2. The summed E-state index contributed by atoms with van der Waals surface area (Å²) in [6.45, 7) is 1.98. The van der Waals surface area contributed by atoms with Gasteiger partial charge in [-0.1, -0.05) is 24.3 Å². The number of para-hydroxylation sites is 2. The third-order valence-corrected chi connectivity index (χ3v) is 5.45. The van der Waals surface area contributed by atoms with Crippen LogP contribution < -0.4 is 10.1 Å². The zero-order chi connectivity index (χ0) is 18.8. The van der Waals surface area contributed by atoms with Crippen molar-refractivity contribution in [2.24, 2.45) is 0 Å². The molecule has 0 aliphatic carbocycles. The molecule has 0 saturated carbocycles. The van der Waals surface area contributed by atoms with Crippen LogP contribution in [0, 0.1) is 6.92 Å². The number of hydrogen-bond donors (Lipinski definition) is 1. The van der Waals surface area contributed by atoms with Crippen molar-refractivity contribution in [2.45, 2.75) is 6.92 Å². The van der Waals surface area contributed by atoms with Crippen molar-refractivity contribution in [3.05, 3.63) is 77.9 Å². The Morgan fingerprint density at radius 1 is 1.04 bits per heavy atom. The molecule has 0 bridgehead atoms. The highest BCUT2D eigenvalue weighted by Crippen LogP contribution is 2.32. The summed E-state index contributed by atoms with van der Waals surface area (Å²) in [6, 6.07) is 21.3. The molecule has 1 N–H and O–H groups in total. The number of benzene rings is 3. The van der Waals surface area contributed by atoms with Gasteiger partial charge in [-0.05, 0) is 55.0 Å². The number of amides is 1. The minimum Gasteiger partial charge on any atom is -0.496 e. The molecule has 1 heterocycles. The Morgan fingerprint density at radius 3 is 2.59 bits per heavy atom. The van der Waals surface area contributed by atoms with Gasteiger partial charge >= 0.3 is 0 Å². The van der Waals surface area contributed by atoms with Crippen molar-refractivity contribution < 1.29 is 9.53 Å². The Labute approximate surface area is 161 Å². The van der Waals surface area contributed by atoms with Gasteiger partial charge in [0, 0.05) is 11.3 Å². The van der Waals surface area contributed by atoms with Crippen LogP contribution in [0.25, 0.3) is 20.8 Å². The van der Waals surface area contributed by atoms with Gasteiger partial charge in [0.1, 0.15) is 10.8 Å². The largest absolute Gasteiger partial charge is 0.496 e. The number of hydrogen-bond acceptors (Lipinski definition) is 4. The maximum absolute atomic E-state index is 12.6. The van der Waals surface area contributed by atoms with Gasteiger partial charge in [-0.2, -0.15) is 0 Å². The second-order valence-corrected chi connectivity index (χ2v) is 7.20. The molecule has 134 valence electrons. The molecule has 0 aliphatic heterocycles. The van der Waals surface area contributed by atoms with Crippen LogP contribution in [0.2, 0.25) is 0 Å². The quantitative estimate of drug-likeness (QED) is 0.511. The second-order valence-electron chi connectivity index (χ2n) is 6.17. The first-order chi connectivity index (χ1) is 13.2. The van der Waals surface area contributed by atoms with E-state index in [2.05, 4.69) is 17.4 Å². The molecule has 5 heteroatoms. The second kappa shape index (κ2) is 7.21. The lowest BCUT2D eigenvalue weighted by Crippen LogP contribution is -2.13. The van der Waals surface area contributed by atoms with E-state index in [-0.39, 0.29) is 5.91 Å². The van der Waals surface area contributed by atoms with Crippen molar-refractivity contribution in [2.75, 3.05) is 12.4 Å². The zero-order valence-corrected chi connectivity index (χ0v) is 15.8. The number of ether oxygens (including phenoxy) is 1. The molecule has 0 unspecified atom stereocenters. The number of carbonyl (C=O) groups excluding carboxylic acids is 1. The molecule has 0 atom stereocenters. The third kappa shape index (κ3) is 3.41. The number of aromatic nitrogens is 1. The molecule has 0 fully saturated rings. The minimum absolute atomic E-state index is 0.191. The normalized spacial score (nSPS) is 10.7. The molecular weight excluding hydrogens is 356 g/mol. The van der Waals surface area contributed by atoms with Crippen LogP contribution in [0.4, 0.5) is 5.69 Å². The van der Waals surface area contributed by atoms with Crippen molar-refractivity contribution in [3.8, 4) is 16.3 Å². The molecule has 0 spiro atoms. The average Bonchev–Trinajstić information content (AvgIpc) is 3.13. The first-order valence-electron chi connectivity index (χ1n) is 8.56. The van der Waals surface area contributed by atoms with Crippen molar-refractivity contribution in [3.63, 3.8) is 0 Å². The van der Waals surface area contributed by atoms with Crippen LogP contribution in [0.15, 0.2) is 66.7 Å². The maximum Gasteiger partial charge on any atom is 0.259 e. The molecular formula is C22H18N2O2S. The smallest absolute Gasteiger partial charge is 0.259 e. The Bertz CT molecular complexity index is 1100. The van der Waals surface area contributed by atoms with Gasteiger partial charge in [0.15, 0.2) is 0 Å². The predicted molar refractivity (Wildman–Crippen MR) is 111 cm³/mol. The van der Waals surface area contributed by atoms with E-state index in [0.717, 1.165) is 27.3 Å². The van der Waals surface area contributed by atoms with Gasteiger partial charge in [0.25, 0.3) is 5.91 Å². The molecule has 27 heavy (non-hydrogen) atoms. The number of rotatable bonds is 4. The number of thiazole rings is 1. The molecule has 1 amide bonds. The number of fused-ring (bicyclic) bond motifs is 1. The number of methoxy groups -OCH3 is 1. The molecule has 0 saturated heterocycles. The highest BCUT2D eigenvalue weighted by Gasteiger charge is 2.13. The van der Waals surface area contributed by atoms with Crippen LogP contribution in [0.3, 0.4) is 0 Å². The number of nitrogens with one attached hydrogen (secondary N) is 1. The average molecular weight is 374 g/mol. The topological polar surface area (TPSA) is 51.2 Å². The number of nitrogens with zero attached hydrogens (tertiary/aromatic N) is 1. The van der Waals surface area contributed by atoms with E-state index in [1.165, 1.54) is 4.70 Å². The van der Waals surface area contributed by atoms with Crippen LogP contribution in [0.1, 0.15) is 15.9 Å². The molecule has 3 aromatic carbocycles. The monoisotopic (exact) mass is 374 g/mol. The maximum atomic E-state index is 12.6. The van der Waals surface area contributed by atoms with Crippen molar-refractivity contribution in [1.82, 2.24) is 4.98 Å². The number of anilines is 1. The van der Waals surface area contributed by atoms with Crippen molar-refractivity contribution in [1.29, 1.82) is 0 Å². The van der Waals surface area contributed by atoms with Gasteiger partial charge in [0.05, 0.1) is 22.9 Å². The Morgan fingerprint density at radius 2 is 1.81 bits per heavy atom. The molecule has 1 aromatic heterocycles. The van der Waals surface area contributed by atoms with Crippen LogP contribution >= 0.6 is 11.3 Å². The fourth-order valence-corrected chi connectivity index (χ4v) is 3.92. The summed E-state index contributed by atoms with van der Waals surface area (Å²) >= 11 is 1.67. The minimum atomic E-state index is -0.191. The number of carbonyl (C=O) groups is 1. The zero-order valence-electron chi connectivity index (χ0n) is 15.0. The predicted octanol–water partition coefficient (Wildman–Crippen LogP) is 5.53. The van der Waals surface area contributed by atoms with Gasteiger partial charge in [0.2, 0.25) is 0 Å². The van der Waals surface area contributed by atoms with Gasteiger partial charge in [-0.15, -0.1) is 11.3 Å². The lowest BCUT2D eigenvalue weighted by atomic mass is 10.1. The Kier molecular flexibility index (Phi) is 4.60. The summed E-state index contributed by atoms with van der Waals surface area (Å²) in [4.78, 5) is 17.3. The van der Waals surface area contributed by atoms with Gasteiger partial charge in [-0.3, -0.25) is 4.79 Å². The van der Waals surface area contributed by atoms with Crippen LogP contribution in [-0.4, -0.2) is 18.0 Å². The summed E-state index contributed by atoms with van der Waals surface area (Å²) in [5.41, 5.74) is 4.31. The Balaban J connectivity index is 1.61. The van der Waals surface area contributed by atoms with Gasteiger partial charge in [-0.25, -0.2) is 4.98 Å². The summed E-state index contributed by atoms with van der Waals surface area (Å²) < 4.78 is 6.44. The standard InChI is InChI=1S/C22H18N2O2S/c1-14-13-15(22-24-18-8-4-6-10-20(18)27-22)11-12-17(14)23-21(25)16-7-3-5-9-19(16)26-2/h3-13H,1-2H3,(H,23,25). The van der Waals surface area contributed by atoms with Crippen molar-refractivity contribution >= 4 is 33.1 Å². The van der Waals surface area contributed by atoms with Gasteiger partial charge < -0.3 is 10.1 Å². The van der Waals surface area contributed by atoms with E-state index >= 15 is 0 Å². The van der Waals surface area contributed by atoms with E-state index in [9.17, 15) is 4.79 Å². The fraction of sp³-hybridized carbons (Fsp3) is 0.0909. The SMILES string of the molecule is COc1ccccc1C(=O)Nc1ccc(-c2nc3ccccc3s2)cc1C. The Hall–Kier alpha value is -3.18. The van der Waals surface area contributed by atoms with E-state index in [1.54, 1.807) is 30.6 Å². The lowest BCUT2D eigenvalue weighted by Gasteiger charge is -2.11. The van der Waals surface area contributed by atoms with E-state index in [4.69, 9.17) is 9.72 Å². The summed E-state index contributed by atoms with van der Waals surface area (Å²) in [5.74, 6) is 0.363. The summed E-state index contributed by atoms with van der Waals surface area (Å²) in [5, 5.41) is 3.94. The fourth-order valence-electron chi connectivity index (χ4n) is 2.95. The summed E-state index contributed by atoms with van der Waals surface area (Å²) in [6.07, 6.45) is 0. The highest BCUT2D eigenvalue weighted by molar-refractivity contribution is 7.21.